The fraction of sp³-hybridized carbons (Fsp3) is 0.350. The van der Waals surface area contributed by atoms with E-state index in [0.717, 1.165) is 5.56 Å². The molecule has 0 aliphatic carbocycles. The number of carbonyl (C=O) groups excluding carboxylic acids is 1. The van der Waals surface area contributed by atoms with E-state index in [0.29, 0.717) is 28.7 Å². The number of nitrogens with one attached hydrogen (secondary N) is 1. The summed E-state index contributed by atoms with van der Waals surface area (Å²) in [5.74, 6) is 1.25. The second-order valence-corrected chi connectivity index (χ2v) is 7.14. The number of halogens is 1. The summed E-state index contributed by atoms with van der Waals surface area (Å²) in [5.41, 5.74) is 1.08. The lowest BCUT2D eigenvalue weighted by Gasteiger charge is -2.21. The zero-order valence-electron chi connectivity index (χ0n) is 15.1. The lowest BCUT2D eigenvalue weighted by molar-refractivity contribution is 0.0919. The molecule has 0 saturated carbocycles. The fourth-order valence-corrected chi connectivity index (χ4v) is 2.44. The van der Waals surface area contributed by atoms with Gasteiger partial charge < -0.3 is 14.8 Å². The van der Waals surface area contributed by atoms with Crippen molar-refractivity contribution in [3.05, 3.63) is 58.6 Å². The normalized spacial score (nSPS) is 11.1. The van der Waals surface area contributed by atoms with Crippen LogP contribution in [0.5, 0.6) is 11.5 Å². The Bertz CT molecular complexity index is 738. The van der Waals surface area contributed by atoms with E-state index in [4.69, 9.17) is 21.1 Å². The molecule has 25 heavy (non-hydrogen) atoms. The first-order valence-corrected chi connectivity index (χ1v) is 8.63. The smallest absolute Gasteiger partial charge is 0.251 e. The Morgan fingerprint density at radius 3 is 2.52 bits per heavy atom. The third kappa shape index (κ3) is 5.98. The molecule has 1 amide bonds. The molecule has 1 N–H and O–H groups in total. The van der Waals surface area contributed by atoms with Crippen molar-refractivity contribution in [2.75, 3.05) is 6.61 Å². The van der Waals surface area contributed by atoms with Crippen LogP contribution >= 0.6 is 11.6 Å². The minimum absolute atomic E-state index is 0.125. The second-order valence-electron chi connectivity index (χ2n) is 6.71. The molecule has 0 aliphatic rings. The molecule has 0 aromatic heterocycles. The zero-order chi connectivity index (χ0) is 18.4. The summed E-state index contributed by atoms with van der Waals surface area (Å²) in [6.45, 7) is 8.58. The fourth-order valence-electron chi connectivity index (χ4n) is 2.26. The van der Waals surface area contributed by atoms with Gasteiger partial charge in [-0.25, -0.2) is 0 Å². The van der Waals surface area contributed by atoms with E-state index in [2.05, 4.69) is 5.32 Å². The summed E-state index contributed by atoms with van der Waals surface area (Å²) in [6.07, 6.45) is 0. The standard InChI is InChI=1S/C20H24ClNO3/c1-5-24-18-10-9-14(19(23)22-20(2,3)4)11-15(18)13-25-17-8-6-7-16(21)12-17/h6-12H,5,13H2,1-4H3,(H,22,23). The monoisotopic (exact) mass is 361 g/mol. The van der Waals surface area contributed by atoms with E-state index in [1.165, 1.54) is 0 Å². The number of rotatable bonds is 6. The number of hydrogen-bond donors (Lipinski definition) is 1. The van der Waals surface area contributed by atoms with Gasteiger partial charge in [-0.05, 0) is 64.1 Å². The van der Waals surface area contributed by atoms with Crippen LogP contribution in [0.15, 0.2) is 42.5 Å². The molecular weight excluding hydrogens is 338 g/mol. The van der Waals surface area contributed by atoms with Gasteiger partial charge >= 0.3 is 0 Å². The first-order chi connectivity index (χ1) is 11.8. The number of hydrogen-bond acceptors (Lipinski definition) is 3. The van der Waals surface area contributed by atoms with Crippen molar-refractivity contribution < 1.29 is 14.3 Å². The van der Waals surface area contributed by atoms with Crippen molar-refractivity contribution in [1.29, 1.82) is 0 Å². The maximum absolute atomic E-state index is 12.4. The van der Waals surface area contributed by atoms with E-state index in [1.807, 2.05) is 39.8 Å². The molecule has 4 nitrogen and oxygen atoms in total. The third-order valence-electron chi connectivity index (χ3n) is 3.30. The molecular formula is C20H24ClNO3. The average molecular weight is 362 g/mol. The van der Waals surface area contributed by atoms with Crippen LogP contribution in [0.3, 0.4) is 0 Å². The highest BCUT2D eigenvalue weighted by molar-refractivity contribution is 6.30. The van der Waals surface area contributed by atoms with Crippen LogP contribution in [-0.4, -0.2) is 18.1 Å². The summed E-state index contributed by atoms with van der Waals surface area (Å²) in [6, 6.07) is 12.6. The van der Waals surface area contributed by atoms with Gasteiger partial charge in [-0.15, -0.1) is 0 Å². The quantitative estimate of drug-likeness (QED) is 0.800. The first-order valence-electron chi connectivity index (χ1n) is 8.25. The van der Waals surface area contributed by atoms with E-state index in [-0.39, 0.29) is 18.1 Å². The van der Waals surface area contributed by atoms with Crippen molar-refractivity contribution in [2.45, 2.75) is 39.8 Å². The predicted octanol–water partition coefficient (Wildman–Crippen LogP) is 4.85. The van der Waals surface area contributed by atoms with Crippen molar-refractivity contribution in [2.24, 2.45) is 0 Å². The molecule has 2 aromatic carbocycles. The average Bonchev–Trinajstić information content (AvgIpc) is 2.52. The highest BCUT2D eigenvalue weighted by Gasteiger charge is 2.17. The molecule has 0 aliphatic heterocycles. The van der Waals surface area contributed by atoms with Crippen LogP contribution in [0, 0.1) is 0 Å². The Morgan fingerprint density at radius 1 is 1.12 bits per heavy atom. The Labute approximate surface area is 154 Å². The van der Waals surface area contributed by atoms with Crippen LogP contribution in [0.4, 0.5) is 0 Å². The topological polar surface area (TPSA) is 47.6 Å². The summed E-state index contributed by atoms with van der Waals surface area (Å²) >= 11 is 5.98. The van der Waals surface area contributed by atoms with Gasteiger partial charge in [-0.3, -0.25) is 4.79 Å². The van der Waals surface area contributed by atoms with Gasteiger partial charge in [0.2, 0.25) is 0 Å². The molecule has 0 fully saturated rings. The zero-order valence-corrected chi connectivity index (χ0v) is 15.8. The summed E-state index contributed by atoms with van der Waals surface area (Å²) < 4.78 is 11.4. The third-order valence-corrected chi connectivity index (χ3v) is 3.54. The molecule has 0 saturated heterocycles. The summed E-state index contributed by atoms with van der Waals surface area (Å²) in [4.78, 5) is 12.4. The van der Waals surface area contributed by atoms with E-state index in [1.54, 1.807) is 30.3 Å². The van der Waals surface area contributed by atoms with Crippen LogP contribution in [0.1, 0.15) is 43.6 Å². The minimum atomic E-state index is -0.298. The second kappa shape index (κ2) is 8.26. The molecule has 0 unspecified atom stereocenters. The molecule has 2 rings (SSSR count). The highest BCUT2D eigenvalue weighted by atomic mass is 35.5. The van der Waals surface area contributed by atoms with Gasteiger partial charge in [0.25, 0.3) is 5.91 Å². The number of carbonyl (C=O) groups is 1. The van der Waals surface area contributed by atoms with Crippen molar-refractivity contribution in [3.8, 4) is 11.5 Å². The Morgan fingerprint density at radius 2 is 1.88 bits per heavy atom. The van der Waals surface area contributed by atoms with Gasteiger partial charge in [0.1, 0.15) is 18.1 Å². The SMILES string of the molecule is CCOc1ccc(C(=O)NC(C)(C)C)cc1COc1cccc(Cl)c1. The number of ether oxygens (including phenoxy) is 2. The Hall–Kier alpha value is -2.20. The molecule has 0 heterocycles. The van der Waals surface area contributed by atoms with Crippen LogP contribution < -0.4 is 14.8 Å². The largest absolute Gasteiger partial charge is 0.493 e. The summed E-state index contributed by atoms with van der Waals surface area (Å²) in [7, 11) is 0. The van der Waals surface area contributed by atoms with Gasteiger partial charge in [-0.1, -0.05) is 17.7 Å². The summed E-state index contributed by atoms with van der Waals surface area (Å²) in [5, 5.41) is 3.57. The lowest BCUT2D eigenvalue weighted by atomic mass is 10.1. The number of benzene rings is 2. The highest BCUT2D eigenvalue weighted by Crippen LogP contribution is 2.24. The maximum Gasteiger partial charge on any atom is 0.251 e. The maximum atomic E-state index is 12.4. The van der Waals surface area contributed by atoms with Crippen LogP contribution in [0.25, 0.3) is 0 Å². The van der Waals surface area contributed by atoms with Crippen LogP contribution in [0.2, 0.25) is 5.02 Å². The molecule has 0 radical (unpaired) electrons. The van der Waals surface area contributed by atoms with Crippen LogP contribution in [-0.2, 0) is 6.61 Å². The Balaban J connectivity index is 2.21. The first kappa shape index (κ1) is 19.1. The molecule has 5 heteroatoms. The molecule has 2 aromatic rings. The van der Waals surface area contributed by atoms with Crippen molar-refractivity contribution >= 4 is 17.5 Å². The van der Waals surface area contributed by atoms with Crippen molar-refractivity contribution in [1.82, 2.24) is 5.32 Å². The predicted molar refractivity (Wildman–Crippen MR) is 101 cm³/mol. The molecule has 0 atom stereocenters. The van der Waals surface area contributed by atoms with Gasteiger partial charge in [-0.2, -0.15) is 0 Å². The molecule has 134 valence electrons. The van der Waals surface area contributed by atoms with Gasteiger partial charge in [0.05, 0.1) is 6.61 Å². The molecule has 0 bridgehead atoms. The van der Waals surface area contributed by atoms with Gasteiger partial charge in [0, 0.05) is 21.7 Å². The van der Waals surface area contributed by atoms with Gasteiger partial charge in [0.15, 0.2) is 0 Å². The van der Waals surface area contributed by atoms with Crippen molar-refractivity contribution in [3.63, 3.8) is 0 Å². The molecule has 0 spiro atoms. The minimum Gasteiger partial charge on any atom is -0.493 e. The van der Waals surface area contributed by atoms with E-state index < -0.39 is 0 Å². The van der Waals surface area contributed by atoms with E-state index >= 15 is 0 Å². The lowest BCUT2D eigenvalue weighted by Crippen LogP contribution is -2.40. The van der Waals surface area contributed by atoms with E-state index in [9.17, 15) is 4.79 Å². The Kier molecular flexibility index (Phi) is 6.32. The number of amides is 1.